The summed E-state index contributed by atoms with van der Waals surface area (Å²) in [5.74, 6) is 1.40. The number of aryl methyl sites for hydroxylation is 1. The standard InChI is InChI=1S/C19H22N4O2/c1-14-3-4-17(24-2)15(11-14)19(5-9-25-10-6-19)13-23-18-16(12-20)21-7-8-22-18/h3-4,7-8,11H,5-6,9-10,13H2,1-2H3,(H,22,23). The van der Waals surface area contributed by atoms with Gasteiger partial charge in [-0.3, -0.25) is 0 Å². The molecule has 2 heterocycles. The van der Waals surface area contributed by atoms with Crippen LogP contribution in [0, 0.1) is 18.3 Å². The lowest BCUT2D eigenvalue weighted by Gasteiger charge is -2.39. The number of ether oxygens (including phenoxy) is 2. The van der Waals surface area contributed by atoms with E-state index in [2.05, 4.69) is 40.4 Å². The van der Waals surface area contributed by atoms with Gasteiger partial charge in [-0.1, -0.05) is 17.7 Å². The van der Waals surface area contributed by atoms with E-state index in [1.807, 2.05) is 6.07 Å². The maximum absolute atomic E-state index is 9.22. The Morgan fingerprint density at radius 2 is 2.04 bits per heavy atom. The molecule has 3 rings (SSSR count). The van der Waals surface area contributed by atoms with Crippen LogP contribution >= 0.6 is 0 Å². The third kappa shape index (κ3) is 3.57. The van der Waals surface area contributed by atoms with Gasteiger partial charge in [0.1, 0.15) is 11.8 Å². The lowest BCUT2D eigenvalue weighted by Crippen LogP contribution is -2.40. The van der Waals surface area contributed by atoms with Crippen LogP contribution in [0.2, 0.25) is 0 Å². The molecule has 0 radical (unpaired) electrons. The van der Waals surface area contributed by atoms with Crippen molar-refractivity contribution in [3.63, 3.8) is 0 Å². The fourth-order valence-corrected chi connectivity index (χ4v) is 3.34. The van der Waals surface area contributed by atoms with Crippen molar-refractivity contribution in [1.29, 1.82) is 5.26 Å². The van der Waals surface area contributed by atoms with Crippen molar-refractivity contribution in [2.24, 2.45) is 0 Å². The van der Waals surface area contributed by atoms with Crippen molar-refractivity contribution in [2.75, 3.05) is 32.2 Å². The Hall–Kier alpha value is -2.65. The zero-order valence-corrected chi connectivity index (χ0v) is 14.6. The van der Waals surface area contributed by atoms with Crippen LogP contribution in [-0.4, -0.2) is 36.8 Å². The summed E-state index contributed by atoms with van der Waals surface area (Å²) < 4.78 is 11.2. The van der Waals surface area contributed by atoms with Crippen molar-refractivity contribution < 1.29 is 9.47 Å². The monoisotopic (exact) mass is 338 g/mol. The first kappa shape index (κ1) is 17.2. The lowest BCUT2D eigenvalue weighted by molar-refractivity contribution is 0.0535. The molecule has 0 spiro atoms. The van der Waals surface area contributed by atoms with E-state index in [-0.39, 0.29) is 5.41 Å². The first-order valence-electron chi connectivity index (χ1n) is 8.36. The van der Waals surface area contributed by atoms with Crippen LogP contribution in [0.1, 0.15) is 29.7 Å². The molecule has 130 valence electrons. The molecule has 1 aliphatic rings. The molecule has 2 aromatic rings. The Bertz CT molecular complexity index is 779. The van der Waals surface area contributed by atoms with Crippen LogP contribution in [0.3, 0.4) is 0 Å². The molecular weight excluding hydrogens is 316 g/mol. The van der Waals surface area contributed by atoms with Gasteiger partial charge in [0.2, 0.25) is 0 Å². The summed E-state index contributed by atoms with van der Waals surface area (Å²) >= 11 is 0. The van der Waals surface area contributed by atoms with Gasteiger partial charge in [-0.2, -0.15) is 5.26 Å². The molecule has 1 aliphatic heterocycles. The molecule has 1 aromatic carbocycles. The summed E-state index contributed by atoms with van der Waals surface area (Å²) in [5.41, 5.74) is 2.54. The lowest BCUT2D eigenvalue weighted by atomic mass is 9.73. The maximum atomic E-state index is 9.22. The Kier molecular flexibility index (Phi) is 5.15. The van der Waals surface area contributed by atoms with Crippen LogP contribution in [0.5, 0.6) is 5.75 Å². The average Bonchev–Trinajstić information content (AvgIpc) is 2.67. The molecule has 1 N–H and O–H groups in total. The molecule has 25 heavy (non-hydrogen) atoms. The first-order chi connectivity index (χ1) is 12.2. The summed E-state index contributed by atoms with van der Waals surface area (Å²) in [6, 6.07) is 8.34. The van der Waals surface area contributed by atoms with Crippen molar-refractivity contribution in [3.05, 3.63) is 47.4 Å². The molecule has 0 aliphatic carbocycles. The smallest absolute Gasteiger partial charge is 0.182 e. The highest BCUT2D eigenvalue weighted by molar-refractivity contribution is 5.49. The average molecular weight is 338 g/mol. The number of benzene rings is 1. The van der Waals surface area contributed by atoms with E-state index in [1.165, 1.54) is 17.3 Å². The molecular formula is C19H22N4O2. The Labute approximate surface area is 147 Å². The number of nitrogens with one attached hydrogen (secondary N) is 1. The van der Waals surface area contributed by atoms with Crippen molar-refractivity contribution in [1.82, 2.24) is 9.97 Å². The Morgan fingerprint density at radius 1 is 1.28 bits per heavy atom. The number of aromatic nitrogens is 2. The quantitative estimate of drug-likeness (QED) is 0.903. The minimum atomic E-state index is -0.139. The number of hydrogen-bond donors (Lipinski definition) is 1. The molecule has 1 saturated heterocycles. The van der Waals surface area contributed by atoms with Gasteiger partial charge >= 0.3 is 0 Å². The van der Waals surface area contributed by atoms with E-state index in [0.29, 0.717) is 31.3 Å². The minimum Gasteiger partial charge on any atom is -0.496 e. The van der Waals surface area contributed by atoms with E-state index in [9.17, 15) is 5.26 Å². The second-order valence-corrected chi connectivity index (χ2v) is 6.32. The zero-order valence-electron chi connectivity index (χ0n) is 14.6. The first-order valence-corrected chi connectivity index (χ1v) is 8.36. The second-order valence-electron chi connectivity index (χ2n) is 6.32. The highest BCUT2D eigenvalue weighted by Crippen LogP contribution is 2.40. The molecule has 1 fully saturated rings. The van der Waals surface area contributed by atoms with Crippen LogP contribution < -0.4 is 10.1 Å². The molecule has 0 bridgehead atoms. The molecule has 0 unspecified atom stereocenters. The number of rotatable bonds is 5. The highest BCUT2D eigenvalue weighted by Gasteiger charge is 2.37. The number of methoxy groups -OCH3 is 1. The summed E-state index contributed by atoms with van der Waals surface area (Å²) in [6.07, 6.45) is 4.87. The van der Waals surface area contributed by atoms with E-state index >= 15 is 0 Å². The number of anilines is 1. The van der Waals surface area contributed by atoms with Crippen molar-refractivity contribution >= 4 is 5.82 Å². The normalized spacial score (nSPS) is 16.0. The van der Waals surface area contributed by atoms with Gasteiger partial charge in [0.15, 0.2) is 11.5 Å². The zero-order chi connectivity index (χ0) is 17.7. The second kappa shape index (κ2) is 7.49. The fourth-order valence-electron chi connectivity index (χ4n) is 3.34. The van der Waals surface area contributed by atoms with Crippen LogP contribution in [0.25, 0.3) is 0 Å². The van der Waals surface area contributed by atoms with Gasteiger partial charge in [-0.25, -0.2) is 9.97 Å². The van der Waals surface area contributed by atoms with E-state index < -0.39 is 0 Å². The molecule has 1 aromatic heterocycles. The van der Waals surface area contributed by atoms with Gasteiger partial charge in [0.05, 0.1) is 7.11 Å². The van der Waals surface area contributed by atoms with E-state index in [0.717, 1.165) is 18.6 Å². The van der Waals surface area contributed by atoms with Crippen molar-refractivity contribution in [2.45, 2.75) is 25.2 Å². The predicted octanol–water partition coefficient (Wildman–Crippen LogP) is 2.83. The topological polar surface area (TPSA) is 80.1 Å². The predicted molar refractivity (Wildman–Crippen MR) is 94.7 cm³/mol. The summed E-state index contributed by atoms with van der Waals surface area (Å²) in [5, 5.41) is 12.6. The molecule has 0 amide bonds. The highest BCUT2D eigenvalue weighted by atomic mass is 16.5. The largest absolute Gasteiger partial charge is 0.496 e. The van der Waals surface area contributed by atoms with Gasteiger partial charge in [0.25, 0.3) is 0 Å². The van der Waals surface area contributed by atoms with Gasteiger partial charge in [0, 0.05) is 43.1 Å². The minimum absolute atomic E-state index is 0.139. The summed E-state index contributed by atoms with van der Waals surface area (Å²) in [4.78, 5) is 8.33. The third-order valence-electron chi connectivity index (χ3n) is 4.77. The van der Waals surface area contributed by atoms with Crippen LogP contribution in [0.4, 0.5) is 5.82 Å². The number of nitriles is 1. The van der Waals surface area contributed by atoms with Crippen LogP contribution in [-0.2, 0) is 10.2 Å². The van der Waals surface area contributed by atoms with E-state index in [1.54, 1.807) is 13.3 Å². The Balaban J connectivity index is 1.95. The molecule has 6 nitrogen and oxygen atoms in total. The number of hydrogen-bond acceptors (Lipinski definition) is 6. The fraction of sp³-hybridized carbons (Fsp3) is 0.421. The van der Waals surface area contributed by atoms with E-state index in [4.69, 9.17) is 9.47 Å². The van der Waals surface area contributed by atoms with Crippen molar-refractivity contribution in [3.8, 4) is 11.8 Å². The van der Waals surface area contributed by atoms with Gasteiger partial charge in [-0.15, -0.1) is 0 Å². The Morgan fingerprint density at radius 3 is 2.76 bits per heavy atom. The molecule has 6 heteroatoms. The maximum Gasteiger partial charge on any atom is 0.182 e. The van der Waals surface area contributed by atoms with Gasteiger partial charge < -0.3 is 14.8 Å². The van der Waals surface area contributed by atoms with Gasteiger partial charge in [-0.05, 0) is 25.8 Å². The summed E-state index contributed by atoms with van der Waals surface area (Å²) in [6.45, 7) is 4.12. The van der Waals surface area contributed by atoms with Crippen LogP contribution in [0.15, 0.2) is 30.6 Å². The third-order valence-corrected chi connectivity index (χ3v) is 4.77. The SMILES string of the molecule is COc1ccc(C)cc1C1(CNc2nccnc2C#N)CCOCC1. The molecule has 0 saturated carbocycles. The summed E-state index contributed by atoms with van der Waals surface area (Å²) in [7, 11) is 1.70. The number of nitrogens with zero attached hydrogens (tertiary/aromatic N) is 3. The molecule has 0 atom stereocenters.